The molecule has 0 spiro atoms. The summed E-state index contributed by atoms with van der Waals surface area (Å²) in [6.07, 6.45) is 2.39. The van der Waals surface area contributed by atoms with Crippen LogP contribution in [0.2, 0.25) is 0 Å². The maximum absolute atomic E-state index is 2.61. The number of anilines is 2. The Balaban J connectivity index is 1.71. The van der Waals surface area contributed by atoms with Gasteiger partial charge in [0.05, 0.1) is 3.92 Å². The van der Waals surface area contributed by atoms with Gasteiger partial charge in [-0.2, -0.15) is 0 Å². The van der Waals surface area contributed by atoms with Crippen LogP contribution in [-0.4, -0.2) is 7.85 Å². The summed E-state index contributed by atoms with van der Waals surface area (Å²) in [6.45, 7) is 0. The Hall–Kier alpha value is -2.12. The van der Waals surface area contributed by atoms with Gasteiger partial charge in [-0.1, -0.05) is 136 Å². The van der Waals surface area contributed by atoms with E-state index in [-0.39, 0.29) is 0 Å². The molecule has 0 bridgehead atoms. The topological polar surface area (TPSA) is 3.24 Å². The summed E-state index contributed by atoms with van der Waals surface area (Å²) < 4.78 is 0.792. The van der Waals surface area contributed by atoms with Crippen molar-refractivity contribution in [3.63, 3.8) is 0 Å². The summed E-state index contributed by atoms with van der Waals surface area (Å²) in [5, 5.41) is 2.62. The van der Waals surface area contributed by atoms with Crippen LogP contribution in [0.3, 0.4) is 0 Å². The molecule has 0 fully saturated rings. The number of nitrogens with zero attached hydrogens (tertiary/aromatic N) is 1. The number of benzene rings is 4. The zero-order valence-electron chi connectivity index (χ0n) is 16.8. The minimum absolute atomic E-state index is 0.363. The van der Waals surface area contributed by atoms with Crippen LogP contribution in [0.1, 0.15) is 0 Å². The van der Waals surface area contributed by atoms with E-state index >= 15 is 0 Å². The highest BCUT2D eigenvalue weighted by atomic mass is 127. The predicted octanol–water partition coefficient (Wildman–Crippen LogP) is 6.70. The first-order chi connectivity index (χ1) is 15.2. The maximum atomic E-state index is 2.61. The molecule has 1 aliphatic rings. The summed E-state index contributed by atoms with van der Waals surface area (Å²) in [6, 6.07) is 39.0. The van der Waals surface area contributed by atoms with Gasteiger partial charge in [0.25, 0.3) is 0 Å². The number of alkyl halides is 2. The van der Waals surface area contributed by atoms with Crippen molar-refractivity contribution in [3.8, 4) is 11.1 Å². The molecule has 2 atom stereocenters. The first-order valence-electron chi connectivity index (χ1n) is 10.3. The highest BCUT2D eigenvalue weighted by Gasteiger charge is 2.28. The van der Waals surface area contributed by atoms with Gasteiger partial charge in [0, 0.05) is 26.2 Å². The predicted molar refractivity (Wildman–Crippen MR) is 150 cm³/mol. The molecule has 0 N–H and O–H groups in total. The number of fused-ring (bicyclic) bond motifs is 1. The third-order valence-electron chi connectivity index (χ3n) is 5.60. The van der Waals surface area contributed by atoms with Gasteiger partial charge >= 0.3 is 0 Å². The van der Waals surface area contributed by atoms with Crippen LogP contribution in [0.25, 0.3) is 22.9 Å². The third-order valence-corrected chi connectivity index (χ3v) is 9.42. The zero-order valence-corrected chi connectivity index (χ0v) is 21.1. The lowest BCUT2D eigenvalue weighted by atomic mass is 10.0. The summed E-state index contributed by atoms with van der Waals surface area (Å²) in [5.74, 6) is 0. The number of hydrogen-bond acceptors (Lipinski definition) is 1. The van der Waals surface area contributed by atoms with Gasteiger partial charge in [-0.25, -0.2) is 0 Å². The second kappa shape index (κ2) is 9.17. The van der Waals surface area contributed by atoms with Gasteiger partial charge in [0.2, 0.25) is 0 Å². The minimum atomic E-state index is 0.363. The van der Waals surface area contributed by atoms with E-state index in [1.165, 1.54) is 38.6 Å². The minimum Gasteiger partial charge on any atom is -0.312 e. The molecular formula is C28H21I2N. The maximum Gasteiger partial charge on any atom is 0.0675 e. The molecule has 0 aliphatic heterocycles. The van der Waals surface area contributed by atoms with Crippen LogP contribution < -0.4 is 15.3 Å². The summed E-state index contributed by atoms with van der Waals surface area (Å²) in [5.41, 5.74) is 6.19. The fourth-order valence-corrected chi connectivity index (χ4v) is 5.66. The van der Waals surface area contributed by atoms with Gasteiger partial charge in [0.1, 0.15) is 0 Å². The molecule has 0 saturated carbocycles. The van der Waals surface area contributed by atoms with E-state index in [1.54, 1.807) is 0 Å². The quantitative estimate of drug-likeness (QED) is 0.180. The van der Waals surface area contributed by atoms with Crippen molar-refractivity contribution in [1.29, 1.82) is 0 Å². The van der Waals surface area contributed by atoms with Crippen molar-refractivity contribution < 1.29 is 0 Å². The Bertz CT molecular complexity index is 1300. The molecule has 4 aromatic rings. The third kappa shape index (κ3) is 4.17. The van der Waals surface area contributed by atoms with Crippen LogP contribution >= 0.6 is 45.2 Å². The van der Waals surface area contributed by atoms with Gasteiger partial charge in [-0.15, -0.1) is 0 Å². The first-order valence-corrected chi connectivity index (χ1v) is 12.8. The standard InChI is InChI=1S/C28H21I2N/c29-26-19-22-11-7-8-14-25(22)28(27(26)30)31(23-12-5-2-6-13-23)24-17-15-21(16-18-24)20-9-3-1-4-10-20/h1-19,26-27H. The number of rotatable bonds is 4. The molecule has 3 heteroatoms. The molecule has 0 heterocycles. The summed E-state index contributed by atoms with van der Waals surface area (Å²) in [4.78, 5) is 2.43. The number of hydrogen-bond donors (Lipinski definition) is 0. The molecule has 4 aromatic carbocycles. The molecule has 152 valence electrons. The van der Waals surface area contributed by atoms with Gasteiger partial charge < -0.3 is 4.90 Å². The fraction of sp³-hybridized carbons (Fsp3) is 0.0714. The molecule has 0 radical (unpaired) electrons. The second-order valence-corrected chi connectivity index (χ2v) is 10.3. The van der Waals surface area contributed by atoms with Crippen LogP contribution in [0.5, 0.6) is 0 Å². The highest BCUT2D eigenvalue weighted by molar-refractivity contribution is 14.1. The molecule has 0 aromatic heterocycles. The largest absolute Gasteiger partial charge is 0.312 e. The lowest BCUT2D eigenvalue weighted by Crippen LogP contribution is -2.42. The molecule has 0 amide bonds. The fourth-order valence-electron chi connectivity index (χ4n) is 4.11. The Labute approximate surface area is 210 Å². The van der Waals surface area contributed by atoms with Gasteiger partial charge in [0.15, 0.2) is 0 Å². The SMILES string of the molecule is IC1C=c2ccccc2=C(N(c2ccccc2)c2ccc(-c3ccccc3)cc2)C1I. The van der Waals surface area contributed by atoms with Crippen LogP contribution in [0.4, 0.5) is 11.4 Å². The normalized spacial score (nSPS) is 17.5. The average molecular weight is 625 g/mol. The molecule has 1 aliphatic carbocycles. The lowest BCUT2D eigenvalue weighted by Gasteiger charge is -2.34. The molecule has 0 saturated heterocycles. The van der Waals surface area contributed by atoms with E-state index in [2.05, 4.69) is 165 Å². The Morgan fingerprint density at radius 2 is 1.10 bits per heavy atom. The van der Waals surface area contributed by atoms with Crippen LogP contribution in [0, 0.1) is 0 Å². The Morgan fingerprint density at radius 1 is 0.548 bits per heavy atom. The van der Waals surface area contributed by atoms with E-state index in [0.717, 1.165) is 0 Å². The first kappa shape index (κ1) is 20.8. The second-order valence-electron chi connectivity index (χ2n) is 7.57. The van der Waals surface area contributed by atoms with Crippen molar-refractivity contribution in [3.05, 3.63) is 120 Å². The summed E-state index contributed by atoms with van der Waals surface area (Å²) >= 11 is 5.18. The molecule has 2 unspecified atom stereocenters. The smallest absolute Gasteiger partial charge is 0.0675 e. The number of para-hydroxylation sites is 1. The van der Waals surface area contributed by atoms with Crippen molar-refractivity contribution >= 4 is 68.3 Å². The van der Waals surface area contributed by atoms with E-state index in [1.807, 2.05) is 0 Å². The van der Waals surface area contributed by atoms with E-state index in [4.69, 9.17) is 0 Å². The number of halogens is 2. The highest BCUT2D eigenvalue weighted by Crippen LogP contribution is 2.37. The Kier molecular flexibility index (Phi) is 6.14. The van der Waals surface area contributed by atoms with Crippen molar-refractivity contribution in [2.75, 3.05) is 4.90 Å². The molecule has 1 nitrogen and oxygen atoms in total. The van der Waals surface area contributed by atoms with Gasteiger partial charge in [-0.05, 0) is 40.6 Å². The van der Waals surface area contributed by atoms with Crippen LogP contribution in [-0.2, 0) is 0 Å². The molecular weight excluding hydrogens is 604 g/mol. The molecule has 5 rings (SSSR count). The Morgan fingerprint density at radius 3 is 1.81 bits per heavy atom. The monoisotopic (exact) mass is 625 g/mol. The van der Waals surface area contributed by atoms with E-state index in [0.29, 0.717) is 7.85 Å². The molecule has 31 heavy (non-hydrogen) atoms. The van der Waals surface area contributed by atoms with Crippen molar-refractivity contribution in [2.24, 2.45) is 0 Å². The van der Waals surface area contributed by atoms with Crippen molar-refractivity contribution in [1.82, 2.24) is 0 Å². The lowest BCUT2D eigenvalue weighted by molar-refractivity contribution is 1.10. The average Bonchev–Trinajstić information content (AvgIpc) is 2.83. The zero-order chi connectivity index (χ0) is 21.2. The summed E-state index contributed by atoms with van der Waals surface area (Å²) in [7, 11) is 0. The van der Waals surface area contributed by atoms with Crippen molar-refractivity contribution in [2.45, 2.75) is 7.85 Å². The van der Waals surface area contributed by atoms with Gasteiger partial charge in [-0.3, -0.25) is 0 Å². The van der Waals surface area contributed by atoms with Crippen LogP contribution in [0.15, 0.2) is 109 Å². The van der Waals surface area contributed by atoms with E-state index < -0.39 is 0 Å². The van der Waals surface area contributed by atoms with E-state index in [9.17, 15) is 0 Å².